The van der Waals surface area contributed by atoms with Crippen LogP contribution in [-0.4, -0.2) is 23.2 Å². The molecule has 0 aliphatic rings. The predicted octanol–water partition coefficient (Wildman–Crippen LogP) is 3.21. The lowest BCUT2D eigenvalue weighted by molar-refractivity contribution is -0.139. The zero-order chi connectivity index (χ0) is 14.5. The Morgan fingerprint density at radius 3 is 2.85 bits per heavy atom. The van der Waals surface area contributed by atoms with Crippen molar-refractivity contribution in [1.82, 2.24) is 5.32 Å². The monoisotopic (exact) mass is 275 g/mol. The van der Waals surface area contributed by atoms with Crippen LogP contribution in [0.3, 0.4) is 0 Å². The molecule has 2 aromatic rings. The van der Waals surface area contributed by atoms with Crippen molar-refractivity contribution in [3.63, 3.8) is 0 Å². The normalized spacial score (nSPS) is 14.3. The molecule has 0 saturated heterocycles. The summed E-state index contributed by atoms with van der Waals surface area (Å²) < 4.78 is 5.51. The highest BCUT2D eigenvalue weighted by Gasteiger charge is 2.19. The molecule has 2 rings (SSSR count). The van der Waals surface area contributed by atoms with Crippen molar-refractivity contribution in [1.29, 1.82) is 0 Å². The Morgan fingerprint density at radius 2 is 2.15 bits per heavy atom. The molecule has 1 heterocycles. The summed E-state index contributed by atoms with van der Waals surface area (Å²) in [4.78, 5) is 11.2. The van der Waals surface area contributed by atoms with E-state index in [-0.39, 0.29) is 6.04 Å². The molecule has 0 fully saturated rings. The number of aliphatic carboxylic acids is 1. The first kappa shape index (κ1) is 14.6. The number of benzene rings is 1. The minimum absolute atomic E-state index is 0.0867. The lowest BCUT2D eigenvalue weighted by Crippen LogP contribution is -2.42. The summed E-state index contributed by atoms with van der Waals surface area (Å²) in [5.41, 5.74) is 1.99. The lowest BCUT2D eigenvalue weighted by Gasteiger charge is -2.19. The van der Waals surface area contributed by atoms with Gasteiger partial charge in [-0.05, 0) is 31.4 Å². The number of hydrogen-bond acceptors (Lipinski definition) is 3. The summed E-state index contributed by atoms with van der Waals surface area (Å²) in [5, 5.41) is 13.4. The Kier molecular flexibility index (Phi) is 4.79. The third kappa shape index (κ3) is 3.39. The molecule has 0 saturated carbocycles. The summed E-state index contributed by atoms with van der Waals surface area (Å²) in [7, 11) is 0. The van der Waals surface area contributed by atoms with Gasteiger partial charge >= 0.3 is 5.97 Å². The van der Waals surface area contributed by atoms with Crippen LogP contribution < -0.4 is 5.32 Å². The van der Waals surface area contributed by atoms with E-state index in [0.717, 1.165) is 29.4 Å². The van der Waals surface area contributed by atoms with Crippen LogP contribution in [0.5, 0.6) is 0 Å². The number of carboxylic acid groups (broad SMARTS) is 1. The number of furan rings is 1. The van der Waals surface area contributed by atoms with Crippen molar-refractivity contribution in [2.24, 2.45) is 0 Å². The van der Waals surface area contributed by atoms with Gasteiger partial charge in [0, 0.05) is 11.4 Å². The zero-order valence-electron chi connectivity index (χ0n) is 11.9. The van der Waals surface area contributed by atoms with Gasteiger partial charge in [-0.2, -0.15) is 0 Å². The molecule has 0 spiro atoms. The van der Waals surface area contributed by atoms with E-state index in [9.17, 15) is 9.90 Å². The maximum atomic E-state index is 11.2. The smallest absolute Gasteiger partial charge is 0.320 e. The highest BCUT2D eigenvalue weighted by Crippen LogP contribution is 2.22. The Labute approximate surface area is 118 Å². The number of carbonyl (C=O) groups is 1. The van der Waals surface area contributed by atoms with Gasteiger partial charge in [0.15, 0.2) is 0 Å². The molecule has 1 aromatic carbocycles. The first-order chi connectivity index (χ1) is 9.61. The molecule has 0 aliphatic carbocycles. The van der Waals surface area contributed by atoms with Crippen molar-refractivity contribution in [3.8, 4) is 0 Å². The highest BCUT2D eigenvalue weighted by molar-refractivity contribution is 5.80. The summed E-state index contributed by atoms with van der Waals surface area (Å²) in [6.45, 7) is 4.00. The van der Waals surface area contributed by atoms with Gasteiger partial charge in [0.2, 0.25) is 0 Å². The molecule has 0 amide bonds. The van der Waals surface area contributed by atoms with Gasteiger partial charge in [0.25, 0.3) is 0 Å². The van der Waals surface area contributed by atoms with E-state index in [1.165, 1.54) is 0 Å². The average molecular weight is 275 g/mol. The molecule has 2 atom stereocenters. The third-order valence-corrected chi connectivity index (χ3v) is 3.45. The summed E-state index contributed by atoms with van der Waals surface area (Å²) in [6, 6.07) is 7.50. The molecule has 2 N–H and O–H groups in total. The number of nitrogens with one attached hydrogen (secondary N) is 1. The number of fused-ring (bicyclic) bond motifs is 1. The van der Waals surface area contributed by atoms with Crippen LogP contribution >= 0.6 is 0 Å². The molecular weight excluding hydrogens is 254 g/mol. The second-order valence-corrected chi connectivity index (χ2v) is 5.21. The lowest BCUT2D eigenvalue weighted by atomic mass is 10.0. The maximum Gasteiger partial charge on any atom is 0.320 e. The molecule has 20 heavy (non-hydrogen) atoms. The van der Waals surface area contributed by atoms with Crippen molar-refractivity contribution in [2.75, 3.05) is 0 Å². The third-order valence-electron chi connectivity index (χ3n) is 3.45. The van der Waals surface area contributed by atoms with Crippen LogP contribution in [0.2, 0.25) is 0 Å². The fraction of sp³-hybridized carbons (Fsp3) is 0.438. The Balaban J connectivity index is 2.03. The van der Waals surface area contributed by atoms with Gasteiger partial charge < -0.3 is 14.8 Å². The largest absolute Gasteiger partial charge is 0.480 e. The van der Waals surface area contributed by atoms with Crippen LogP contribution in [0, 0.1) is 0 Å². The number of para-hydroxylation sites is 1. The zero-order valence-corrected chi connectivity index (χ0v) is 11.9. The SMILES string of the molecule is CCCC(NC(C)Cc1coc2ccccc12)C(=O)O. The highest BCUT2D eigenvalue weighted by atomic mass is 16.4. The van der Waals surface area contributed by atoms with E-state index in [1.54, 1.807) is 6.26 Å². The fourth-order valence-corrected chi connectivity index (χ4v) is 2.49. The molecule has 4 heteroatoms. The molecule has 1 aromatic heterocycles. The second-order valence-electron chi connectivity index (χ2n) is 5.21. The van der Waals surface area contributed by atoms with E-state index in [1.807, 2.05) is 38.1 Å². The molecule has 0 bridgehead atoms. The van der Waals surface area contributed by atoms with E-state index in [4.69, 9.17) is 4.42 Å². The predicted molar refractivity (Wildman–Crippen MR) is 78.8 cm³/mol. The van der Waals surface area contributed by atoms with Gasteiger partial charge in [0.1, 0.15) is 11.6 Å². The van der Waals surface area contributed by atoms with Crippen LogP contribution in [0.4, 0.5) is 0 Å². The first-order valence-corrected chi connectivity index (χ1v) is 7.05. The Hall–Kier alpha value is -1.81. The maximum absolute atomic E-state index is 11.2. The van der Waals surface area contributed by atoms with E-state index in [2.05, 4.69) is 5.32 Å². The standard InChI is InChI=1S/C16H21NO3/c1-3-6-14(16(18)19)17-11(2)9-12-10-20-15-8-5-4-7-13(12)15/h4-5,7-8,10-11,14,17H,3,6,9H2,1-2H3,(H,18,19). The minimum Gasteiger partial charge on any atom is -0.480 e. The number of rotatable bonds is 7. The number of hydrogen-bond donors (Lipinski definition) is 2. The van der Waals surface area contributed by atoms with Gasteiger partial charge in [0.05, 0.1) is 6.26 Å². The van der Waals surface area contributed by atoms with E-state index >= 15 is 0 Å². The molecule has 2 unspecified atom stereocenters. The van der Waals surface area contributed by atoms with E-state index in [0.29, 0.717) is 6.42 Å². The fourth-order valence-electron chi connectivity index (χ4n) is 2.49. The second kappa shape index (κ2) is 6.57. The molecule has 0 radical (unpaired) electrons. The Morgan fingerprint density at radius 1 is 1.40 bits per heavy atom. The van der Waals surface area contributed by atoms with Crippen molar-refractivity contribution in [3.05, 3.63) is 36.1 Å². The van der Waals surface area contributed by atoms with Crippen molar-refractivity contribution >= 4 is 16.9 Å². The van der Waals surface area contributed by atoms with Crippen LogP contribution in [0.25, 0.3) is 11.0 Å². The summed E-state index contributed by atoms with van der Waals surface area (Å²) in [5.74, 6) is -0.782. The Bertz CT molecular complexity index is 576. The summed E-state index contributed by atoms with van der Waals surface area (Å²) in [6.07, 6.45) is 4.01. The molecule has 4 nitrogen and oxygen atoms in total. The number of carboxylic acids is 1. The minimum atomic E-state index is -0.782. The van der Waals surface area contributed by atoms with Crippen LogP contribution in [0.15, 0.2) is 34.9 Å². The van der Waals surface area contributed by atoms with Crippen LogP contribution in [-0.2, 0) is 11.2 Å². The summed E-state index contributed by atoms with van der Waals surface area (Å²) >= 11 is 0. The molecule has 0 aliphatic heterocycles. The van der Waals surface area contributed by atoms with Crippen molar-refractivity contribution < 1.29 is 14.3 Å². The van der Waals surface area contributed by atoms with Crippen molar-refractivity contribution in [2.45, 2.75) is 45.2 Å². The quantitative estimate of drug-likeness (QED) is 0.814. The average Bonchev–Trinajstić information content (AvgIpc) is 2.81. The van der Waals surface area contributed by atoms with Crippen LogP contribution in [0.1, 0.15) is 32.3 Å². The topological polar surface area (TPSA) is 62.5 Å². The first-order valence-electron chi connectivity index (χ1n) is 7.05. The van der Waals surface area contributed by atoms with Gasteiger partial charge in [-0.3, -0.25) is 4.79 Å². The van der Waals surface area contributed by atoms with Gasteiger partial charge in [-0.1, -0.05) is 31.5 Å². The van der Waals surface area contributed by atoms with E-state index < -0.39 is 12.0 Å². The van der Waals surface area contributed by atoms with Gasteiger partial charge in [-0.15, -0.1) is 0 Å². The molecular formula is C16H21NO3. The molecule has 108 valence electrons. The van der Waals surface area contributed by atoms with Gasteiger partial charge in [-0.25, -0.2) is 0 Å².